The molecule has 0 saturated heterocycles. The monoisotopic (exact) mass is 652 g/mol. The normalized spacial score (nSPS) is 16.1. The molecule has 2 aliphatic rings. The van der Waals surface area contributed by atoms with Crippen LogP contribution in [0.15, 0.2) is 85.0 Å². The van der Waals surface area contributed by atoms with Crippen molar-refractivity contribution in [3.05, 3.63) is 148 Å². The van der Waals surface area contributed by atoms with Gasteiger partial charge < -0.3 is 4.74 Å². The van der Waals surface area contributed by atoms with Gasteiger partial charge in [-0.15, -0.1) is 0 Å². The van der Waals surface area contributed by atoms with Crippen molar-refractivity contribution in [1.29, 1.82) is 0 Å². The van der Waals surface area contributed by atoms with Crippen LogP contribution in [0.1, 0.15) is 0 Å². The van der Waals surface area contributed by atoms with Crippen LogP contribution in [0.4, 0.5) is 0 Å². The van der Waals surface area contributed by atoms with Crippen molar-refractivity contribution in [3.8, 4) is 0 Å². The van der Waals surface area contributed by atoms with E-state index in [4.69, 9.17) is 4.74 Å². The summed E-state index contributed by atoms with van der Waals surface area (Å²) in [5, 5.41) is 2.42. The van der Waals surface area contributed by atoms with E-state index < -0.39 is 30.2 Å². The van der Waals surface area contributed by atoms with Crippen molar-refractivity contribution in [2.75, 3.05) is 0 Å². The molecule has 0 aliphatic heterocycles. The predicted octanol–water partition coefficient (Wildman–Crippen LogP) is 8.57. The van der Waals surface area contributed by atoms with Gasteiger partial charge in [0.25, 0.3) is 0 Å². The van der Waals surface area contributed by atoms with Gasteiger partial charge in [0.2, 0.25) is 0 Å². The molecule has 2 fully saturated rings. The Bertz CT molecular complexity index is 1050. The molecule has 2 aromatic rings. The van der Waals surface area contributed by atoms with E-state index in [0.717, 1.165) is 28.9 Å². The Labute approximate surface area is 271 Å². The van der Waals surface area contributed by atoms with Crippen LogP contribution in [0, 0.1) is 62.9 Å². The molecule has 222 valence electrons. The number of hydrogen-bond donors (Lipinski definition) is 0. The average Bonchev–Trinajstić information content (AvgIpc) is 3.62. The van der Waals surface area contributed by atoms with E-state index in [9.17, 15) is 4.79 Å². The van der Waals surface area contributed by atoms with E-state index >= 15 is 0 Å². The molecule has 0 N–H and O–H groups in total. The Hall–Kier alpha value is -1.23. The summed E-state index contributed by atoms with van der Waals surface area (Å²) in [6.07, 6.45) is 15.5. The smallest absolute Gasteiger partial charge is 0.315 e. The molecule has 4 rings (SSSR count). The van der Waals surface area contributed by atoms with Crippen molar-refractivity contribution < 1.29 is 26.6 Å². The SMILES string of the molecule is C=C(C[Si](C)(C)C)C(OC(=O)[C]1[CH][CH][CH][C]1P(c1ccccc1)c1ccccc1)C(=C)C[Si](C)(C)C.[CH]1[CH][CH][CH][CH]1.[Fe]. The first-order valence-electron chi connectivity index (χ1n) is 14.2. The van der Waals surface area contributed by atoms with Gasteiger partial charge >= 0.3 is 5.97 Å². The zero-order valence-electron chi connectivity index (χ0n) is 25.9. The number of hydrogen-bond acceptors (Lipinski definition) is 2. The maximum Gasteiger partial charge on any atom is 0.315 e. The molecule has 0 bridgehead atoms. The largest absolute Gasteiger partial charge is 0.453 e. The molecule has 0 heterocycles. The molecule has 0 aromatic heterocycles. The topological polar surface area (TPSA) is 26.3 Å². The fourth-order valence-corrected chi connectivity index (χ4v) is 10.4. The summed E-state index contributed by atoms with van der Waals surface area (Å²) < 4.78 is 6.29. The molecule has 0 atom stereocenters. The zero-order chi connectivity index (χ0) is 30.0. The molecule has 0 spiro atoms. The number of carbonyl (C=O) groups excluding carboxylic acids is 1. The van der Waals surface area contributed by atoms with E-state index in [1.54, 1.807) is 0 Å². The molecule has 2 nitrogen and oxygen atoms in total. The van der Waals surface area contributed by atoms with Crippen molar-refractivity contribution in [3.63, 3.8) is 0 Å². The molecule has 42 heavy (non-hydrogen) atoms. The maximum absolute atomic E-state index is 13.8. The Kier molecular flexibility index (Phi) is 15.2. The van der Waals surface area contributed by atoms with Gasteiger partial charge in [-0.25, -0.2) is 0 Å². The van der Waals surface area contributed by atoms with E-state index in [2.05, 4.69) is 107 Å². The Morgan fingerprint density at radius 2 is 1.10 bits per heavy atom. The third-order valence-corrected chi connectivity index (χ3v) is 11.8. The number of benzene rings is 2. The number of ether oxygens (including phenoxy) is 1. The van der Waals surface area contributed by atoms with E-state index in [0.29, 0.717) is 5.92 Å². The summed E-state index contributed by atoms with van der Waals surface area (Å²) in [5.74, 6) is 0.355. The third-order valence-electron chi connectivity index (χ3n) is 6.32. The van der Waals surface area contributed by atoms with Crippen LogP contribution in [0.5, 0.6) is 0 Å². The molecule has 0 unspecified atom stereocenters. The van der Waals surface area contributed by atoms with Crippen LogP contribution in [-0.2, 0) is 26.6 Å². The van der Waals surface area contributed by atoms with Crippen LogP contribution in [0.25, 0.3) is 0 Å². The fourth-order valence-electron chi connectivity index (χ4n) is 4.85. The molecule has 0 amide bonds. The Morgan fingerprint density at radius 1 is 0.690 bits per heavy atom. The molecule has 2 aliphatic carbocycles. The van der Waals surface area contributed by atoms with Gasteiger partial charge in [0.15, 0.2) is 0 Å². The van der Waals surface area contributed by atoms with Crippen molar-refractivity contribution in [2.45, 2.75) is 57.5 Å². The van der Waals surface area contributed by atoms with Crippen LogP contribution in [-0.4, -0.2) is 28.2 Å². The molecule has 6 heteroatoms. The van der Waals surface area contributed by atoms with Crippen LogP contribution in [0.2, 0.25) is 51.4 Å². The standard InChI is InChI=1S/C31H40O2PSi2.C5H5.Fe/c1-24(22-35(3,4)5)30(25(2)23-36(6,7)8)33-31(32)28-20-15-21-29(28)34(26-16-11-9-12-17-26)27-18-13-10-14-19-27;1-2-4-5-3-1;/h9-21,30H,1-2,22-23H2,3-8H3;1-5H;. The number of esters is 1. The van der Waals surface area contributed by atoms with Crippen molar-refractivity contribution >= 4 is 40.6 Å². The number of carbonyl (C=O) groups is 1. The van der Waals surface area contributed by atoms with Gasteiger partial charge in [0.05, 0.1) is 0 Å². The van der Waals surface area contributed by atoms with Crippen LogP contribution >= 0.6 is 7.92 Å². The second kappa shape index (κ2) is 17.3. The van der Waals surface area contributed by atoms with E-state index in [1.807, 2.05) is 57.1 Å². The predicted molar refractivity (Wildman–Crippen MR) is 184 cm³/mol. The summed E-state index contributed by atoms with van der Waals surface area (Å²) in [6, 6.07) is 22.7. The maximum atomic E-state index is 13.8. The average molecular weight is 653 g/mol. The summed E-state index contributed by atoms with van der Waals surface area (Å²) in [4.78, 5) is 13.8. The third kappa shape index (κ3) is 12.0. The summed E-state index contributed by atoms with van der Waals surface area (Å²) in [7, 11) is -3.77. The summed E-state index contributed by atoms with van der Waals surface area (Å²) in [6.45, 7) is 22.7. The summed E-state index contributed by atoms with van der Waals surface area (Å²) in [5.41, 5.74) is 2.98. The van der Waals surface area contributed by atoms with Gasteiger partial charge in [0, 0.05) is 38.9 Å². The molecular weight excluding hydrogens is 607 g/mol. The minimum Gasteiger partial charge on any atom is -0.453 e. The van der Waals surface area contributed by atoms with E-state index in [-0.39, 0.29) is 23.0 Å². The second-order valence-electron chi connectivity index (χ2n) is 12.9. The van der Waals surface area contributed by atoms with Gasteiger partial charge in [-0.2, -0.15) is 0 Å². The zero-order valence-corrected chi connectivity index (χ0v) is 29.9. The van der Waals surface area contributed by atoms with Crippen molar-refractivity contribution in [1.82, 2.24) is 0 Å². The molecule has 2 aromatic carbocycles. The van der Waals surface area contributed by atoms with Gasteiger partial charge in [-0.1, -0.05) is 113 Å². The minimum absolute atomic E-state index is 0. The first kappa shape index (κ1) is 37.0. The van der Waals surface area contributed by atoms with Crippen molar-refractivity contribution in [2.24, 2.45) is 0 Å². The quantitative estimate of drug-likeness (QED) is 0.105. The Balaban J connectivity index is 0.000000927. The van der Waals surface area contributed by atoms with Crippen LogP contribution in [0.3, 0.4) is 0 Å². The van der Waals surface area contributed by atoms with Gasteiger partial charge in [0.1, 0.15) is 12.0 Å². The first-order valence-corrected chi connectivity index (χ1v) is 23.0. The molecule has 10 radical (unpaired) electrons. The van der Waals surface area contributed by atoms with Gasteiger partial charge in [-0.05, 0) is 93.1 Å². The van der Waals surface area contributed by atoms with Gasteiger partial charge in [-0.3, -0.25) is 4.79 Å². The van der Waals surface area contributed by atoms with E-state index in [1.165, 1.54) is 10.6 Å². The molecular formula is C36H45FeO2PSi2. The minimum atomic E-state index is -1.44. The summed E-state index contributed by atoms with van der Waals surface area (Å²) >= 11 is 0. The number of rotatable bonds is 11. The second-order valence-corrected chi connectivity index (χ2v) is 26.0. The fraction of sp³-hybridized carbons (Fsp3) is 0.250. The first-order chi connectivity index (χ1) is 19.4. The Morgan fingerprint density at radius 3 is 1.48 bits per heavy atom. The molecule has 2 saturated carbocycles. The van der Waals surface area contributed by atoms with Crippen LogP contribution < -0.4 is 10.6 Å².